The largest absolute Gasteiger partial charge is 0.497 e. The van der Waals surface area contributed by atoms with E-state index in [4.69, 9.17) is 4.74 Å². The molecule has 26 heavy (non-hydrogen) atoms. The van der Waals surface area contributed by atoms with E-state index in [9.17, 15) is 4.79 Å². The second kappa shape index (κ2) is 8.99. The van der Waals surface area contributed by atoms with Crippen LogP contribution in [0.2, 0.25) is 18.6 Å². The molecule has 2 aromatic carbocycles. The Kier molecular flexibility index (Phi) is 6.98. The molecule has 0 radical (unpaired) electrons. The molecule has 3 heteroatoms. The van der Waals surface area contributed by atoms with Gasteiger partial charge in [-0.25, -0.2) is 0 Å². The minimum absolute atomic E-state index is 0.272. The number of hydrogen-bond acceptors (Lipinski definition) is 2. The van der Waals surface area contributed by atoms with Gasteiger partial charge in [0.2, 0.25) is 0 Å². The van der Waals surface area contributed by atoms with Gasteiger partial charge < -0.3 is 4.74 Å². The van der Waals surface area contributed by atoms with Crippen LogP contribution >= 0.6 is 0 Å². The zero-order valence-corrected chi connectivity index (χ0v) is 17.4. The number of aryl methyl sites for hydroxylation is 1. The van der Waals surface area contributed by atoms with Crippen molar-refractivity contribution >= 4 is 19.0 Å². The van der Waals surface area contributed by atoms with Crippen molar-refractivity contribution in [3.8, 4) is 5.75 Å². The summed E-state index contributed by atoms with van der Waals surface area (Å²) >= 11 is 0. The zero-order chi connectivity index (χ0) is 19.2. The summed E-state index contributed by atoms with van der Waals surface area (Å²) in [5, 5.41) is 1.39. The lowest BCUT2D eigenvalue weighted by atomic mass is 10.0. The van der Waals surface area contributed by atoms with Crippen molar-refractivity contribution < 1.29 is 9.53 Å². The summed E-state index contributed by atoms with van der Waals surface area (Å²) < 4.78 is 5.18. The van der Waals surface area contributed by atoms with Gasteiger partial charge in [-0.1, -0.05) is 66.3 Å². The predicted molar refractivity (Wildman–Crippen MR) is 113 cm³/mol. The maximum absolute atomic E-state index is 12.7. The maximum atomic E-state index is 12.7. The number of Topliss-reactive ketones (excluding diaryl/α,β-unsaturated/α-hetero) is 1. The fourth-order valence-electron chi connectivity index (χ4n) is 3.52. The van der Waals surface area contributed by atoms with Gasteiger partial charge in [-0.05, 0) is 36.6 Å². The fraction of sp³-hybridized carbons (Fsp3) is 0.348. The Morgan fingerprint density at radius 2 is 1.69 bits per heavy atom. The number of ether oxygens (including phenoxy) is 1. The molecule has 0 aliphatic carbocycles. The second-order valence-corrected chi connectivity index (χ2v) is 12.3. The summed E-state index contributed by atoms with van der Waals surface area (Å²) in [5.74, 6) is 1.17. The third-order valence-corrected chi connectivity index (χ3v) is 9.53. The summed E-state index contributed by atoms with van der Waals surface area (Å²) in [6.07, 6.45) is 1.95. The van der Waals surface area contributed by atoms with Crippen LogP contribution in [0.25, 0.3) is 0 Å². The number of carbonyl (C=O) groups excluding carboxylic acids is 1. The standard InChI is InChI=1S/C23H30O2Si/c1-18(2)23(26(4,5)22-9-7-6-8-10-22)17-20(24)14-11-19-12-15-21(25-3)16-13-19/h6-10,12-13,15-16,23H,1,11,14,17H2,2-5H3/t23-/m1/s1. The molecule has 2 rings (SSSR count). The molecule has 0 saturated heterocycles. The van der Waals surface area contributed by atoms with Gasteiger partial charge in [0.1, 0.15) is 11.5 Å². The van der Waals surface area contributed by atoms with Crippen LogP contribution in [-0.2, 0) is 11.2 Å². The zero-order valence-electron chi connectivity index (χ0n) is 16.4. The minimum atomic E-state index is -1.79. The van der Waals surface area contributed by atoms with Crippen LogP contribution in [0.3, 0.4) is 0 Å². The molecule has 0 aliphatic rings. The molecule has 2 nitrogen and oxygen atoms in total. The summed E-state index contributed by atoms with van der Waals surface area (Å²) in [5.41, 5.74) is 2.57. The van der Waals surface area contributed by atoms with Gasteiger partial charge in [-0.2, -0.15) is 0 Å². The van der Waals surface area contributed by atoms with Gasteiger partial charge in [0.25, 0.3) is 0 Å². The molecule has 2 aromatic rings. The Morgan fingerprint density at radius 1 is 1.08 bits per heavy atom. The third kappa shape index (κ3) is 5.18. The third-order valence-electron chi connectivity index (χ3n) is 5.27. The molecule has 0 unspecified atom stereocenters. The first-order valence-corrected chi connectivity index (χ1v) is 12.3. The summed E-state index contributed by atoms with van der Waals surface area (Å²) in [6.45, 7) is 11.0. The van der Waals surface area contributed by atoms with Crippen LogP contribution < -0.4 is 9.92 Å². The molecule has 0 N–H and O–H groups in total. The molecule has 0 heterocycles. The highest BCUT2D eigenvalue weighted by atomic mass is 28.3. The molecular formula is C23H30O2Si. The van der Waals surface area contributed by atoms with E-state index in [-0.39, 0.29) is 5.54 Å². The Morgan fingerprint density at radius 3 is 2.23 bits per heavy atom. The van der Waals surface area contributed by atoms with Gasteiger partial charge in [0.05, 0.1) is 15.2 Å². The lowest BCUT2D eigenvalue weighted by Crippen LogP contribution is -2.47. The number of carbonyl (C=O) groups is 1. The molecular weight excluding hydrogens is 336 g/mol. The van der Waals surface area contributed by atoms with Crippen molar-refractivity contribution in [3.63, 3.8) is 0 Å². The SMILES string of the molecule is C=C(C)[C@@H](CC(=O)CCc1ccc(OC)cc1)[Si](C)(C)c1ccccc1. The average Bonchev–Trinajstić information content (AvgIpc) is 2.65. The fourth-order valence-corrected chi connectivity index (χ4v) is 6.94. The molecule has 0 bridgehead atoms. The topological polar surface area (TPSA) is 26.3 Å². The molecule has 138 valence electrons. The van der Waals surface area contributed by atoms with E-state index in [0.717, 1.165) is 17.7 Å². The highest BCUT2D eigenvalue weighted by Crippen LogP contribution is 2.32. The highest BCUT2D eigenvalue weighted by molar-refractivity contribution is 6.91. The second-order valence-electron chi connectivity index (χ2n) is 7.58. The monoisotopic (exact) mass is 366 g/mol. The van der Waals surface area contributed by atoms with Crippen LogP contribution in [0.4, 0.5) is 0 Å². The Hall–Kier alpha value is -2.13. The van der Waals surface area contributed by atoms with Gasteiger partial charge >= 0.3 is 0 Å². The van der Waals surface area contributed by atoms with E-state index in [0.29, 0.717) is 18.6 Å². The number of rotatable bonds is 9. The highest BCUT2D eigenvalue weighted by Gasteiger charge is 2.35. The Balaban J connectivity index is 2.02. The first-order chi connectivity index (χ1) is 12.3. The quantitative estimate of drug-likeness (QED) is 0.453. The van der Waals surface area contributed by atoms with E-state index in [1.165, 1.54) is 10.8 Å². The van der Waals surface area contributed by atoms with Gasteiger partial charge in [0, 0.05) is 12.8 Å². The average molecular weight is 367 g/mol. The van der Waals surface area contributed by atoms with Crippen molar-refractivity contribution in [2.24, 2.45) is 0 Å². The number of allylic oxidation sites excluding steroid dienone is 1. The molecule has 0 aliphatic heterocycles. The first-order valence-electron chi connectivity index (χ1n) is 9.20. The number of ketones is 1. The maximum Gasteiger partial charge on any atom is 0.133 e. The normalized spacial score (nSPS) is 12.5. The van der Waals surface area contributed by atoms with E-state index >= 15 is 0 Å². The van der Waals surface area contributed by atoms with E-state index in [1.807, 2.05) is 30.3 Å². The van der Waals surface area contributed by atoms with Crippen LogP contribution in [-0.4, -0.2) is 21.0 Å². The molecule has 0 aromatic heterocycles. The van der Waals surface area contributed by atoms with E-state index in [2.05, 4.69) is 50.9 Å². The Labute approximate surface area is 158 Å². The van der Waals surface area contributed by atoms with Crippen LogP contribution in [0.1, 0.15) is 25.3 Å². The van der Waals surface area contributed by atoms with Crippen molar-refractivity contribution in [2.75, 3.05) is 7.11 Å². The number of hydrogen-bond donors (Lipinski definition) is 0. The number of benzene rings is 2. The molecule has 0 amide bonds. The van der Waals surface area contributed by atoms with Crippen LogP contribution in [0.5, 0.6) is 5.75 Å². The van der Waals surface area contributed by atoms with Crippen molar-refractivity contribution in [2.45, 2.75) is 44.8 Å². The number of methoxy groups -OCH3 is 1. The molecule has 0 saturated carbocycles. The van der Waals surface area contributed by atoms with Crippen molar-refractivity contribution in [3.05, 3.63) is 72.3 Å². The summed E-state index contributed by atoms with van der Waals surface area (Å²) in [4.78, 5) is 12.7. The predicted octanol–water partition coefficient (Wildman–Crippen LogP) is 5.15. The smallest absolute Gasteiger partial charge is 0.133 e. The Bertz CT molecular complexity index is 733. The first kappa shape index (κ1) is 20.2. The summed E-state index contributed by atoms with van der Waals surface area (Å²) in [7, 11) is -0.131. The minimum Gasteiger partial charge on any atom is -0.497 e. The van der Waals surface area contributed by atoms with Crippen molar-refractivity contribution in [1.29, 1.82) is 0 Å². The van der Waals surface area contributed by atoms with E-state index < -0.39 is 8.07 Å². The lowest BCUT2D eigenvalue weighted by Gasteiger charge is -2.33. The van der Waals surface area contributed by atoms with Crippen molar-refractivity contribution in [1.82, 2.24) is 0 Å². The van der Waals surface area contributed by atoms with Crippen LogP contribution in [0, 0.1) is 0 Å². The van der Waals surface area contributed by atoms with E-state index in [1.54, 1.807) is 7.11 Å². The molecule has 0 spiro atoms. The van der Waals surface area contributed by atoms with Gasteiger partial charge in [-0.15, -0.1) is 6.58 Å². The molecule has 0 fully saturated rings. The molecule has 1 atom stereocenters. The van der Waals surface area contributed by atoms with Gasteiger partial charge in [0.15, 0.2) is 0 Å². The van der Waals surface area contributed by atoms with Crippen LogP contribution in [0.15, 0.2) is 66.7 Å². The lowest BCUT2D eigenvalue weighted by molar-refractivity contribution is -0.119. The van der Waals surface area contributed by atoms with Gasteiger partial charge in [-0.3, -0.25) is 4.79 Å². The summed E-state index contributed by atoms with van der Waals surface area (Å²) in [6, 6.07) is 18.6.